The lowest BCUT2D eigenvalue weighted by molar-refractivity contribution is -0.128. The van der Waals surface area contributed by atoms with E-state index in [2.05, 4.69) is 19.9 Å². The molecule has 0 aromatic heterocycles. The second-order valence-electron chi connectivity index (χ2n) is 7.79. The van der Waals surface area contributed by atoms with Crippen LogP contribution in [0.5, 0.6) is 0 Å². The molecule has 0 aromatic rings. The molecule has 3 unspecified atom stereocenters. The van der Waals surface area contributed by atoms with Crippen LogP contribution in [0.2, 0.25) is 0 Å². The number of allylic oxidation sites excluding steroid dienone is 2. The molecule has 0 spiro atoms. The van der Waals surface area contributed by atoms with E-state index >= 15 is 0 Å². The number of hydrogen-bond donors (Lipinski definition) is 1. The fourth-order valence-corrected chi connectivity index (χ4v) is 4.31. The van der Waals surface area contributed by atoms with Gasteiger partial charge in [-0.1, -0.05) is 31.9 Å². The fourth-order valence-electron chi connectivity index (χ4n) is 4.31. The lowest BCUT2D eigenvalue weighted by Crippen LogP contribution is -2.36. The van der Waals surface area contributed by atoms with Crippen LogP contribution in [0.15, 0.2) is 11.6 Å². The van der Waals surface area contributed by atoms with E-state index in [1.807, 2.05) is 13.8 Å². The lowest BCUT2D eigenvalue weighted by Gasteiger charge is -2.40. The predicted molar refractivity (Wildman–Crippen MR) is 82.5 cm³/mol. The Morgan fingerprint density at radius 3 is 2.85 bits per heavy atom. The van der Waals surface area contributed by atoms with E-state index in [1.165, 1.54) is 12.0 Å². The Kier molecular flexibility index (Phi) is 4.44. The van der Waals surface area contributed by atoms with Crippen LogP contribution in [0.1, 0.15) is 72.6 Å². The molecule has 0 radical (unpaired) electrons. The highest BCUT2D eigenvalue weighted by Crippen LogP contribution is 2.53. The molecule has 0 aliphatic heterocycles. The number of ketones is 1. The molecular weight excluding hydrogens is 248 g/mol. The van der Waals surface area contributed by atoms with E-state index < -0.39 is 5.60 Å². The van der Waals surface area contributed by atoms with E-state index in [-0.39, 0.29) is 11.3 Å². The molecule has 1 fully saturated rings. The van der Waals surface area contributed by atoms with Crippen LogP contribution in [-0.4, -0.2) is 16.5 Å². The number of aliphatic hydroxyl groups is 1. The highest BCUT2D eigenvalue weighted by molar-refractivity contribution is 5.84. The Morgan fingerprint density at radius 2 is 2.20 bits per heavy atom. The van der Waals surface area contributed by atoms with Gasteiger partial charge in [0.2, 0.25) is 0 Å². The minimum Gasteiger partial charge on any atom is -0.390 e. The molecule has 1 N–H and O–H groups in total. The third-order valence-electron chi connectivity index (χ3n) is 5.47. The summed E-state index contributed by atoms with van der Waals surface area (Å²) in [6.07, 6.45) is 9.34. The summed E-state index contributed by atoms with van der Waals surface area (Å²) in [6.45, 7) is 8.36. The number of rotatable bonds is 5. The summed E-state index contributed by atoms with van der Waals surface area (Å²) in [6, 6.07) is 0. The zero-order valence-electron chi connectivity index (χ0n) is 13.5. The summed E-state index contributed by atoms with van der Waals surface area (Å²) in [5, 5.41) is 9.81. The standard InChI is InChI=1S/C18H30O2/c1-13(7-5-11-17(2,3)20)14-9-10-15-16(19)8-6-12-18(14,15)4/h9,13,15,20H,5-8,10-12H2,1-4H3. The molecule has 0 amide bonds. The summed E-state index contributed by atoms with van der Waals surface area (Å²) < 4.78 is 0. The number of Topliss-reactive ketones (excluding diaryl/α,β-unsaturated/α-hetero) is 1. The Hall–Kier alpha value is -0.630. The van der Waals surface area contributed by atoms with Gasteiger partial charge >= 0.3 is 0 Å². The van der Waals surface area contributed by atoms with Crippen molar-refractivity contribution in [2.24, 2.45) is 17.3 Å². The minimum atomic E-state index is -0.559. The summed E-state index contributed by atoms with van der Waals surface area (Å²) >= 11 is 0. The molecule has 2 heteroatoms. The van der Waals surface area contributed by atoms with Crippen LogP contribution in [0.25, 0.3) is 0 Å². The first-order chi connectivity index (χ1) is 9.24. The SMILES string of the molecule is CC(CCCC(C)(C)O)C1=CCC2C(=O)CCCC12C. The molecule has 2 aliphatic carbocycles. The van der Waals surface area contributed by atoms with E-state index in [0.29, 0.717) is 11.7 Å². The van der Waals surface area contributed by atoms with Gasteiger partial charge in [0.1, 0.15) is 5.78 Å². The first-order valence-corrected chi connectivity index (χ1v) is 8.20. The van der Waals surface area contributed by atoms with Crippen molar-refractivity contribution in [3.63, 3.8) is 0 Å². The zero-order valence-corrected chi connectivity index (χ0v) is 13.5. The first kappa shape index (κ1) is 15.8. The van der Waals surface area contributed by atoms with Crippen LogP contribution in [0.4, 0.5) is 0 Å². The molecule has 2 rings (SSSR count). The maximum Gasteiger partial charge on any atom is 0.137 e. The number of fused-ring (bicyclic) bond motifs is 1. The van der Waals surface area contributed by atoms with Crippen LogP contribution >= 0.6 is 0 Å². The van der Waals surface area contributed by atoms with Gasteiger partial charge in [-0.3, -0.25) is 4.79 Å². The van der Waals surface area contributed by atoms with E-state index in [4.69, 9.17) is 0 Å². The van der Waals surface area contributed by atoms with Crippen molar-refractivity contribution >= 4 is 5.78 Å². The average Bonchev–Trinajstić information content (AvgIpc) is 2.66. The highest BCUT2D eigenvalue weighted by atomic mass is 16.3. The predicted octanol–water partition coefficient (Wildman–Crippen LogP) is 4.27. The Labute approximate surface area is 123 Å². The van der Waals surface area contributed by atoms with Crippen LogP contribution in [-0.2, 0) is 4.79 Å². The molecule has 3 atom stereocenters. The van der Waals surface area contributed by atoms with Gasteiger partial charge in [0.15, 0.2) is 0 Å². The molecule has 20 heavy (non-hydrogen) atoms. The quantitative estimate of drug-likeness (QED) is 0.763. The van der Waals surface area contributed by atoms with E-state index in [1.54, 1.807) is 0 Å². The van der Waals surface area contributed by atoms with Crippen molar-refractivity contribution in [2.45, 2.75) is 78.2 Å². The molecule has 0 saturated heterocycles. The van der Waals surface area contributed by atoms with Gasteiger partial charge in [-0.25, -0.2) is 0 Å². The van der Waals surface area contributed by atoms with Gasteiger partial charge in [-0.15, -0.1) is 0 Å². The smallest absolute Gasteiger partial charge is 0.137 e. The molecule has 2 nitrogen and oxygen atoms in total. The van der Waals surface area contributed by atoms with Gasteiger partial charge in [0.25, 0.3) is 0 Å². The van der Waals surface area contributed by atoms with Crippen molar-refractivity contribution in [2.75, 3.05) is 0 Å². The second kappa shape index (κ2) is 5.63. The summed E-state index contributed by atoms with van der Waals surface area (Å²) in [7, 11) is 0. The topological polar surface area (TPSA) is 37.3 Å². The van der Waals surface area contributed by atoms with E-state index in [9.17, 15) is 9.90 Å². The van der Waals surface area contributed by atoms with Crippen molar-refractivity contribution in [3.8, 4) is 0 Å². The summed E-state index contributed by atoms with van der Waals surface area (Å²) in [5.41, 5.74) is 1.09. The normalized spacial score (nSPS) is 31.9. The van der Waals surface area contributed by atoms with Crippen LogP contribution < -0.4 is 0 Å². The van der Waals surface area contributed by atoms with Gasteiger partial charge in [-0.05, 0) is 57.3 Å². The number of carbonyl (C=O) groups excluding carboxylic acids is 1. The maximum atomic E-state index is 12.1. The van der Waals surface area contributed by atoms with Gasteiger partial charge < -0.3 is 5.11 Å². The molecule has 0 heterocycles. The Morgan fingerprint density at radius 1 is 1.50 bits per heavy atom. The maximum absolute atomic E-state index is 12.1. The lowest BCUT2D eigenvalue weighted by atomic mass is 9.63. The van der Waals surface area contributed by atoms with Crippen LogP contribution in [0, 0.1) is 17.3 Å². The monoisotopic (exact) mass is 278 g/mol. The Bertz CT molecular complexity index is 402. The second-order valence-corrected chi connectivity index (χ2v) is 7.79. The van der Waals surface area contributed by atoms with Crippen molar-refractivity contribution in [1.82, 2.24) is 0 Å². The third-order valence-corrected chi connectivity index (χ3v) is 5.47. The number of hydrogen-bond acceptors (Lipinski definition) is 2. The first-order valence-electron chi connectivity index (χ1n) is 8.20. The number of carbonyl (C=O) groups is 1. The van der Waals surface area contributed by atoms with Crippen molar-refractivity contribution in [1.29, 1.82) is 0 Å². The van der Waals surface area contributed by atoms with Gasteiger partial charge in [0.05, 0.1) is 5.60 Å². The summed E-state index contributed by atoms with van der Waals surface area (Å²) in [4.78, 5) is 12.1. The summed E-state index contributed by atoms with van der Waals surface area (Å²) in [5.74, 6) is 1.27. The minimum absolute atomic E-state index is 0.128. The average molecular weight is 278 g/mol. The molecule has 0 bridgehead atoms. The van der Waals surface area contributed by atoms with E-state index in [0.717, 1.165) is 38.5 Å². The fraction of sp³-hybridized carbons (Fsp3) is 0.833. The molecule has 1 saturated carbocycles. The van der Waals surface area contributed by atoms with Crippen molar-refractivity contribution in [3.05, 3.63) is 11.6 Å². The highest BCUT2D eigenvalue weighted by Gasteiger charge is 2.47. The largest absolute Gasteiger partial charge is 0.390 e. The Balaban J connectivity index is 1.97. The third kappa shape index (κ3) is 3.16. The zero-order chi connectivity index (χ0) is 15.0. The molecule has 2 aliphatic rings. The van der Waals surface area contributed by atoms with Gasteiger partial charge in [-0.2, -0.15) is 0 Å². The van der Waals surface area contributed by atoms with Gasteiger partial charge in [0, 0.05) is 12.3 Å². The van der Waals surface area contributed by atoms with Crippen molar-refractivity contribution < 1.29 is 9.90 Å². The molecule has 0 aromatic carbocycles. The van der Waals surface area contributed by atoms with Crippen LogP contribution in [0.3, 0.4) is 0 Å². The molecular formula is C18H30O2. The molecule has 114 valence electrons.